The molecule has 0 bridgehead atoms. The first-order chi connectivity index (χ1) is 22.2. The molecule has 4 rings (SSSR count). The number of ether oxygens (including phenoxy) is 1. The molecule has 0 aliphatic rings. The lowest BCUT2D eigenvalue weighted by Gasteiger charge is -2.25. The van der Waals surface area contributed by atoms with E-state index in [1.807, 2.05) is 38.1 Å². The van der Waals surface area contributed by atoms with Gasteiger partial charge < -0.3 is 25.1 Å². The maximum Gasteiger partial charge on any atom is 0.338 e. The molecule has 3 aromatic carbocycles. The zero-order chi connectivity index (χ0) is 33.1. The molecule has 10 heteroatoms. The molecule has 46 heavy (non-hydrogen) atoms. The van der Waals surface area contributed by atoms with Gasteiger partial charge in [0.25, 0.3) is 5.91 Å². The predicted molar refractivity (Wildman–Crippen MR) is 172 cm³/mol. The number of rotatable bonds is 15. The van der Waals surface area contributed by atoms with Crippen molar-refractivity contribution in [2.45, 2.75) is 51.8 Å². The van der Waals surface area contributed by atoms with E-state index in [2.05, 4.69) is 16.2 Å². The Balaban J connectivity index is 1.62. The van der Waals surface area contributed by atoms with Crippen LogP contribution < -0.4 is 11.1 Å². The minimum Gasteiger partial charge on any atom is -0.456 e. The Bertz CT molecular complexity index is 1640. The molecule has 3 N–H and O–H groups in total. The molecule has 0 fully saturated rings. The summed E-state index contributed by atoms with van der Waals surface area (Å²) in [7, 11) is 0. The van der Waals surface area contributed by atoms with E-state index in [-0.39, 0.29) is 35.9 Å². The average molecular weight is 629 g/mol. The van der Waals surface area contributed by atoms with Crippen LogP contribution in [0.15, 0.2) is 77.5 Å². The van der Waals surface area contributed by atoms with Gasteiger partial charge in [0.15, 0.2) is 0 Å². The maximum absolute atomic E-state index is 13.9. The molecule has 1 amide bonds. The van der Waals surface area contributed by atoms with Crippen LogP contribution in [0, 0.1) is 24.0 Å². The van der Waals surface area contributed by atoms with Gasteiger partial charge in [-0.1, -0.05) is 31.9 Å². The summed E-state index contributed by atoms with van der Waals surface area (Å²) in [6.45, 7) is 5.62. The van der Waals surface area contributed by atoms with Gasteiger partial charge in [-0.15, -0.1) is 6.42 Å². The molecule has 4 aromatic rings. The summed E-state index contributed by atoms with van der Waals surface area (Å²) in [6, 6.07) is 14.4. The number of nitrogens with two attached hydrogens (primary N) is 1. The lowest BCUT2D eigenvalue weighted by molar-refractivity contribution is 0.0238. The molecule has 2 unspecified atom stereocenters. The number of carbonyl (C=O) groups excluding carboxylic acids is 2. The van der Waals surface area contributed by atoms with Crippen LogP contribution in [0.5, 0.6) is 0 Å². The largest absolute Gasteiger partial charge is 0.456 e. The van der Waals surface area contributed by atoms with Crippen LogP contribution in [-0.4, -0.2) is 53.5 Å². The number of carbonyl (C=O) groups is 2. The van der Waals surface area contributed by atoms with Crippen LogP contribution in [0.4, 0.5) is 8.78 Å². The van der Waals surface area contributed by atoms with Crippen molar-refractivity contribution in [2.24, 2.45) is 5.73 Å². The fourth-order valence-electron chi connectivity index (χ4n) is 5.14. The van der Waals surface area contributed by atoms with E-state index in [1.54, 1.807) is 11.0 Å². The zero-order valence-electron chi connectivity index (χ0n) is 26.0. The van der Waals surface area contributed by atoms with Crippen molar-refractivity contribution in [1.29, 1.82) is 0 Å². The summed E-state index contributed by atoms with van der Waals surface area (Å²) in [4.78, 5) is 33.2. The molecule has 8 nitrogen and oxygen atoms in total. The highest BCUT2D eigenvalue weighted by Gasteiger charge is 2.26. The van der Waals surface area contributed by atoms with Crippen molar-refractivity contribution < 1.29 is 27.5 Å². The van der Waals surface area contributed by atoms with Gasteiger partial charge in [-0.2, -0.15) is 0 Å². The van der Waals surface area contributed by atoms with E-state index in [4.69, 9.17) is 21.3 Å². The summed E-state index contributed by atoms with van der Waals surface area (Å²) >= 11 is 0. The molecule has 0 spiro atoms. The fraction of sp³-hybridized carbons (Fsp3) is 0.306. The quantitative estimate of drug-likeness (QED) is 0.127. The monoisotopic (exact) mass is 628 g/mol. The molecule has 1 heterocycles. The number of benzene rings is 3. The van der Waals surface area contributed by atoms with E-state index in [0.717, 1.165) is 30.0 Å². The number of nitrogens with one attached hydrogen (secondary N) is 1. The van der Waals surface area contributed by atoms with Crippen LogP contribution in [0.1, 0.15) is 64.1 Å². The van der Waals surface area contributed by atoms with E-state index in [9.17, 15) is 18.4 Å². The predicted octanol–water partition coefficient (Wildman–Crippen LogP) is 5.75. The molecule has 0 radical (unpaired) electrons. The second-order valence-corrected chi connectivity index (χ2v) is 11.0. The Labute approximate surface area is 268 Å². The molecule has 2 atom stereocenters. The number of hydrogen-bond donors (Lipinski definition) is 2. The van der Waals surface area contributed by atoms with Crippen molar-refractivity contribution in [3.8, 4) is 23.8 Å². The van der Waals surface area contributed by atoms with Gasteiger partial charge in [0.2, 0.25) is 5.89 Å². The molecule has 240 valence electrons. The van der Waals surface area contributed by atoms with Gasteiger partial charge >= 0.3 is 5.97 Å². The Morgan fingerprint density at radius 3 is 2.39 bits per heavy atom. The highest BCUT2D eigenvalue weighted by atomic mass is 19.1. The molecular formula is C36H38F2N4O4. The highest BCUT2D eigenvalue weighted by Crippen LogP contribution is 2.24. The third kappa shape index (κ3) is 9.33. The molecule has 0 saturated heterocycles. The second-order valence-electron chi connectivity index (χ2n) is 11.0. The summed E-state index contributed by atoms with van der Waals surface area (Å²) in [5.74, 6) is 0.398. The number of amides is 1. The molecule has 0 aliphatic heterocycles. The first-order valence-corrected chi connectivity index (χ1v) is 15.2. The van der Waals surface area contributed by atoms with Gasteiger partial charge in [0.1, 0.15) is 24.0 Å². The lowest BCUT2D eigenvalue weighted by atomic mass is 10.0. The Hall–Kier alpha value is -4.85. The number of halogens is 2. The van der Waals surface area contributed by atoms with Crippen molar-refractivity contribution in [3.05, 3.63) is 113 Å². The molecular weight excluding hydrogens is 590 g/mol. The SMILES string of the molecule is C#Cc1cccc(CNCC(OC(=O)c2cc(C(=O)N(CCC)CCC)cc(-c3ncco3)c2)C(N)Cc2cc(F)cc(F)c2)c1. The number of hydrogen-bond acceptors (Lipinski definition) is 7. The van der Waals surface area contributed by atoms with Gasteiger partial charge in [-0.25, -0.2) is 18.6 Å². The number of aromatic nitrogens is 1. The van der Waals surface area contributed by atoms with Crippen molar-refractivity contribution >= 4 is 11.9 Å². The summed E-state index contributed by atoms with van der Waals surface area (Å²) < 4.78 is 39.3. The van der Waals surface area contributed by atoms with E-state index >= 15 is 0 Å². The summed E-state index contributed by atoms with van der Waals surface area (Å²) in [6.07, 6.45) is 9.05. The van der Waals surface area contributed by atoms with Crippen LogP contribution in [0.3, 0.4) is 0 Å². The standard InChI is InChI=1S/C36H38F2N4O4/c1-4-11-42(12-5-2)35(43)28-18-27(34-41-10-13-45-34)19-29(20-28)36(44)46-33(23-40-22-25-9-7-8-24(6-3)14-25)32(39)17-26-15-30(37)21-31(38)16-26/h3,7-10,13-16,18-21,32-33,40H,4-5,11-12,17,22-23,39H2,1-2H3. The smallest absolute Gasteiger partial charge is 0.338 e. The maximum atomic E-state index is 13.9. The molecule has 0 aliphatic carbocycles. The lowest BCUT2D eigenvalue weighted by Crippen LogP contribution is -2.46. The number of terminal acetylenes is 1. The first kappa shape index (κ1) is 34.0. The minimum absolute atomic E-state index is 0.0317. The molecule has 1 aromatic heterocycles. The highest BCUT2D eigenvalue weighted by molar-refractivity contribution is 5.99. The van der Waals surface area contributed by atoms with Crippen LogP contribution in [0.2, 0.25) is 0 Å². The number of nitrogens with zero attached hydrogens (tertiary/aromatic N) is 2. The Kier molecular flexibility index (Phi) is 12.2. The third-order valence-electron chi connectivity index (χ3n) is 7.27. The molecule has 0 saturated carbocycles. The third-order valence-corrected chi connectivity index (χ3v) is 7.27. The van der Waals surface area contributed by atoms with Gasteiger partial charge in [-0.05, 0) is 72.9 Å². The van der Waals surface area contributed by atoms with Crippen molar-refractivity contribution in [1.82, 2.24) is 15.2 Å². The van der Waals surface area contributed by atoms with Gasteiger partial charge in [0.05, 0.1) is 11.8 Å². The number of oxazole rings is 1. The normalized spacial score (nSPS) is 12.3. The Morgan fingerprint density at radius 1 is 1.02 bits per heavy atom. The topological polar surface area (TPSA) is 111 Å². The van der Waals surface area contributed by atoms with E-state index < -0.39 is 29.7 Å². The van der Waals surface area contributed by atoms with Gasteiger partial charge in [0, 0.05) is 55.0 Å². The fourth-order valence-corrected chi connectivity index (χ4v) is 5.14. The van der Waals surface area contributed by atoms with Crippen molar-refractivity contribution in [2.75, 3.05) is 19.6 Å². The van der Waals surface area contributed by atoms with E-state index in [0.29, 0.717) is 30.8 Å². The minimum atomic E-state index is -0.920. The van der Waals surface area contributed by atoms with E-state index in [1.165, 1.54) is 36.7 Å². The summed E-state index contributed by atoms with van der Waals surface area (Å²) in [5.41, 5.74) is 9.28. The zero-order valence-corrected chi connectivity index (χ0v) is 26.0. The first-order valence-electron chi connectivity index (χ1n) is 15.2. The van der Waals surface area contributed by atoms with Crippen LogP contribution in [0.25, 0.3) is 11.5 Å². The second kappa shape index (κ2) is 16.5. The van der Waals surface area contributed by atoms with Gasteiger partial charge in [-0.3, -0.25) is 4.79 Å². The number of esters is 1. The van der Waals surface area contributed by atoms with Crippen molar-refractivity contribution in [3.63, 3.8) is 0 Å². The Morgan fingerprint density at radius 2 is 1.74 bits per heavy atom. The van der Waals surface area contributed by atoms with Crippen LogP contribution >= 0.6 is 0 Å². The summed E-state index contributed by atoms with van der Waals surface area (Å²) in [5, 5.41) is 3.25. The van der Waals surface area contributed by atoms with Crippen LogP contribution in [-0.2, 0) is 17.7 Å². The average Bonchev–Trinajstić information content (AvgIpc) is 3.58.